The van der Waals surface area contributed by atoms with Crippen molar-refractivity contribution in [1.82, 2.24) is 15.6 Å². The van der Waals surface area contributed by atoms with Crippen LogP contribution in [0.5, 0.6) is 0 Å². The van der Waals surface area contributed by atoms with Gasteiger partial charge in [0, 0.05) is 0 Å². The molecule has 1 saturated carbocycles. The molecule has 0 aliphatic heterocycles. The predicted molar refractivity (Wildman–Crippen MR) is 131 cm³/mol. The Hall–Kier alpha value is -3.68. The number of benzene rings is 2. The van der Waals surface area contributed by atoms with Crippen molar-refractivity contribution in [3.63, 3.8) is 0 Å². The van der Waals surface area contributed by atoms with E-state index in [1.807, 2.05) is 30.3 Å². The summed E-state index contributed by atoms with van der Waals surface area (Å²) < 4.78 is 5.67. The number of rotatable bonds is 10. The molecule has 1 fully saturated rings. The maximum Gasteiger partial charge on any atom is 0.405 e. The molecule has 4 rings (SSSR count). The molecule has 2 amide bonds. The highest BCUT2D eigenvalue weighted by molar-refractivity contribution is 6.00. The van der Waals surface area contributed by atoms with Crippen molar-refractivity contribution in [3.05, 3.63) is 66.1 Å². The Morgan fingerprint density at radius 1 is 0.943 bits per heavy atom. The van der Waals surface area contributed by atoms with Crippen molar-refractivity contribution >= 4 is 28.9 Å². The quantitative estimate of drug-likeness (QED) is 0.363. The molecule has 8 nitrogen and oxygen atoms in total. The molecule has 3 aromatic rings. The molecule has 0 saturated heterocycles. The van der Waals surface area contributed by atoms with E-state index in [9.17, 15) is 19.5 Å². The molecular formula is C27H31N3O5. The third kappa shape index (κ3) is 6.68. The SMILES string of the molecule is O=C(O)NC(CC1CCCCC1)C(=O)NC(CCc1ccccc1)C(=O)c1nc2ccccc2o1. The van der Waals surface area contributed by atoms with E-state index in [4.69, 9.17) is 4.42 Å². The second kappa shape index (κ2) is 11.6. The molecule has 8 heteroatoms. The lowest BCUT2D eigenvalue weighted by Gasteiger charge is -2.27. The van der Waals surface area contributed by atoms with Crippen LogP contribution in [0.2, 0.25) is 0 Å². The Labute approximate surface area is 204 Å². The van der Waals surface area contributed by atoms with Gasteiger partial charge in [0.15, 0.2) is 5.58 Å². The van der Waals surface area contributed by atoms with Crippen molar-refractivity contribution in [2.24, 2.45) is 5.92 Å². The minimum absolute atomic E-state index is 0.0698. The molecule has 1 aliphatic rings. The van der Waals surface area contributed by atoms with Crippen LogP contribution in [-0.2, 0) is 11.2 Å². The van der Waals surface area contributed by atoms with Gasteiger partial charge in [-0.3, -0.25) is 9.59 Å². The number of carboxylic acid groups (broad SMARTS) is 1. The van der Waals surface area contributed by atoms with E-state index < -0.39 is 29.9 Å². The summed E-state index contributed by atoms with van der Waals surface area (Å²) >= 11 is 0. The highest BCUT2D eigenvalue weighted by atomic mass is 16.4. The first-order valence-electron chi connectivity index (χ1n) is 12.2. The number of amides is 2. The molecule has 1 heterocycles. The Balaban J connectivity index is 1.52. The molecular weight excluding hydrogens is 446 g/mol. The second-order valence-corrected chi connectivity index (χ2v) is 9.18. The van der Waals surface area contributed by atoms with Crippen LogP contribution in [-0.4, -0.2) is 40.0 Å². The van der Waals surface area contributed by atoms with E-state index in [0.29, 0.717) is 30.4 Å². The number of oxazole rings is 1. The van der Waals surface area contributed by atoms with Crippen LogP contribution in [0.15, 0.2) is 59.0 Å². The fourth-order valence-electron chi connectivity index (χ4n) is 4.76. The fraction of sp³-hybridized carbons (Fsp3) is 0.407. The van der Waals surface area contributed by atoms with Crippen LogP contribution in [0.25, 0.3) is 11.1 Å². The fourth-order valence-corrected chi connectivity index (χ4v) is 4.76. The van der Waals surface area contributed by atoms with Crippen LogP contribution in [0.3, 0.4) is 0 Å². The van der Waals surface area contributed by atoms with Gasteiger partial charge in [-0.2, -0.15) is 0 Å². The summed E-state index contributed by atoms with van der Waals surface area (Å²) in [6.07, 6.45) is 5.33. The number of nitrogens with one attached hydrogen (secondary N) is 2. The smallest absolute Gasteiger partial charge is 0.405 e. The van der Waals surface area contributed by atoms with Gasteiger partial charge in [0.05, 0.1) is 6.04 Å². The number of hydrogen-bond acceptors (Lipinski definition) is 5. The summed E-state index contributed by atoms with van der Waals surface area (Å²) in [4.78, 5) is 42.4. The molecule has 0 radical (unpaired) electrons. The Kier molecular flexibility index (Phi) is 8.13. The maximum absolute atomic E-state index is 13.4. The molecule has 0 spiro atoms. The zero-order valence-corrected chi connectivity index (χ0v) is 19.6. The zero-order chi connectivity index (χ0) is 24.6. The molecule has 184 valence electrons. The number of hydrogen-bond donors (Lipinski definition) is 3. The number of fused-ring (bicyclic) bond motifs is 1. The molecule has 2 unspecified atom stereocenters. The van der Waals surface area contributed by atoms with Gasteiger partial charge in [0.25, 0.3) is 5.89 Å². The predicted octanol–water partition coefficient (Wildman–Crippen LogP) is 4.73. The van der Waals surface area contributed by atoms with Gasteiger partial charge in [0.2, 0.25) is 11.7 Å². The molecule has 1 aromatic heterocycles. The monoisotopic (exact) mass is 477 g/mol. The van der Waals surface area contributed by atoms with Crippen molar-refractivity contribution in [2.45, 2.75) is 63.5 Å². The standard InChI is InChI=1S/C27H31N3O5/c31-24(26-29-20-13-7-8-14-23(20)35-26)21(16-15-18-9-3-1-4-10-18)28-25(32)22(30-27(33)34)17-19-11-5-2-6-12-19/h1,3-4,7-10,13-14,19,21-22,30H,2,5-6,11-12,15-17H2,(H,28,32)(H,33,34). The van der Waals surface area contributed by atoms with E-state index in [1.165, 1.54) is 6.42 Å². The summed E-state index contributed by atoms with van der Waals surface area (Å²) in [7, 11) is 0. The van der Waals surface area contributed by atoms with Gasteiger partial charge in [-0.25, -0.2) is 9.78 Å². The zero-order valence-electron chi connectivity index (χ0n) is 19.6. The number of Topliss-reactive ketones (excluding diaryl/α,β-unsaturated/α-hetero) is 1. The summed E-state index contributed by atoms with van der Waals surface area (Å²) in [6, 6.07) is 14.9. The van der Waals surface area contributed by atoms with Gasteiger partial charge in [-0.15, -0.1) is 0 Å². The van der Waals surface area contributed by atoms with Crippen molar-refractivity contribution < 1.29 is 23.9 Å². The third-order valence-corrected chi connectivity index (χ3v) is 6.61. The van der Waals surface area contributed by atoms with E-state index in [0.717, 1.165) is 31.2 Å². The number of carbonyl (C=O) groups excluding carboxylic acids is 2. The normalized spacial score (nSPS) is 15.9. The number of aryl methyl sites for hydroxylation is 1. The van der Waals surface area contributed by atoms with Gasteiger partial charge in [-0.1, -0.05) is 74.6 Å². The van der Waals surface area contributed by atoms with Crippen LogP contribution >= 0.6 is 0 Å². The number of aromatic nitrogens is 1. The molecule has 1 aliphatic carbocycles. The summed E-state index contributed by atoms with van der Waals surface area (Å²) in [6.45, 7) is 0. The summed E-state index contributed by atoms with van der Waals surface area (Å²) in [5.74, 6) is -0.723. The lowest BCUT2D eigenvalue weighted by Crippen LogP contribution is -2.52. The second-order valence-electron chi connectivity index (χ2n) is 9.18. The number of carbonyl (C=O) groups is 3. The third-order valence-electron chi connectivity index (χ3n) is 6.61. The Morgan fingerprint density at radius 3 is 2.37 bits per heavy atom. The van der Waals surface area contributed by atoms with Crippen LogP contribution in [0.1, 0.15) is 61.2 Å². The Morgan fingerprint density at radius 2 is 1.66 bits per heavy atom. The first-order chi connectivity index (χ1) is 17.0. The van der Waals surface area contributed by atoms with Crippen molar-refractivity contribution in [3.8, 4) is 0 Å². The average Bonchev–Trinajstić information content (AvgIpc) is 3.31. The maximum atomic E-state index is 13.4. The molecule has 35 heavy (non-hydrogen) atoms. The first kappa shape index (κ1) is 24.4. The minimum Gasteiger partial charge on any atom is -0.465 e. The summed E-state index contributed by atoms with van der Waals surface area (Å²) in [5, 5.41) is 14.5. The van der Waals surface area contributed by atoms with Gasteiger partial charge in [0.1, 0.15) is 11.6 Å². The Bertz CT molecular complexity index is 1120. The van der Waals surface area contributed by atoms with Crippen LogP contribution in [0.4, 0.5) is 4.79 Å². The van der Waals surface area contributed by atoms with E-state index in [2.05, 4.69) is 15.6 Å². The van der Waals surface area contributed by atoms with Crippen molar-refractivity contribution in [2.75, 3.05) is 0 Å². The van der Waals surface area contributed by atoms with Gasteiger partial charge in [-0.05, 0) is 42.9 Å². The molecule has 2 atom stereocenters. The van der Waals surface area contributed by atoms with Gasteiger partial charge < -0.3 is 20.2 Å². The average molecular weight is 478 g/mol. The lowest BCUT2D eigenvalue weighted by molar-refractivity contribution is -0.124. The minimum atomic E-state index is -1.26. The summed E-state index contributed by atoms with van der Waals surface area (Å²) in [5.41, 5.74) is 2.08. The van der Waals surface area contributed by atoms with Crippen LogP contribution in [0, 0.1) is 5.92 Å². The first-order valence-corrected chi connectivity index (χ1v) is 12.2. The molecule has 2 aromatic carbocycles. The molecule has 0 bridgehead atoms. The van der Waals surface area contributed by atoms with Gasteiger partial charge >= 0.3 is 6.09 Å². The highest BCUT2D eigenvalue weighted by Crippen LogP contribution is 2.27. The largest absolute Gasteiger partial charge is 0.465 e. The lowest BCUT2D eigenvalue weighted by atomic mass is 9.84. The number of ketones is 1. The van der Waals surface area contributed by atoms with Crippen molar-refractivity contribution in [1.29, 1.82) is 0 Å². The molecule has 3 N–H and O–H groups in total. The van der Waals surface area contributed by atoms with Crippen LogP contribution < -0.4 is 10.6 Å². The topological polar surface area (TPSA) is 122 Å². The number of nitrogens with zero attached hydrogens (tertiary/aromatic N) is 1. The van der Waals surface area contributed by atoms with E-state index in [-0.39, 0.29) is 11.8 Å². The highest BCUT2D eigenvalue weighted by Gasteiger charge is 2.31. The van der Waals surface area contributed by atoms with E-state index >= 15 is 0 Å². The van der Waals surface area contributed by atoms with E-state index in [1.54, 1.807) is 24.3 Å². The number of para-hydroxylation sites is 2.